The molecule has 3 N–H and O–H groups in total. The van der Waals surface area contributed by atoms with Gasteiger partial charge >= 0.3 is 5.97 Å². The first kappa shape index (κ1) is 28.3. The minimum Gasteiger partial charge on any atom is -0.456 e. The first-order valence-electron chi connectivity index (χ1n) is 13.1. The second kappa shape index (κ2) is 12.0. The Labute approximate surface area is 234 Å². The summed E-state index contributed by atoms with van der Waals surface area (Å²) in [6, 6.07) is 17.2. The number of nitrogens with one attached hydrogen (secondary N) is 1. The summed E-state index contributed by atoms with van der Waals surface area (Å²) < 4.78 is 5.83. The van der Waals surface area contributed by atoms with Gasteiger partial charge in [-0.1, -0.05) is 43.6 Å². The number of fused-ring (bicyclic) bond motifs is 1. The maximum absolute atomic E-state index is 13.8. The summed E-state index contributed by atoms with van der Waals surface area (Å²) in [4.78, 5) is 41.0. The topological polar surface area (TPSA) is 102 Å². The Hall–Kier alpha value is -3.68. The molecule has 8 heteroatoms. The number of carbonyl (C=O) groups excluding carboxylic acids is 3. The summed E-state index contributed by atoms with van der Waals surface area (Å²) in [6.07, 6.45) is 0.599. The lowest BCUT2D eigenvalue weighted by Crippen LogP contribution is -2.37. The average molecular weight is 548 g/mol. The Morgan fingerprint density at radius 2 is 1.74 bits per heavy atom. The van der Waals surface area contributed by atoms with Gasteiger partial charge in [0.1, 0.15) is 12.1 Å². The van der Waals surface area contributed by atoms with Crippen LogP contribution in [0.25, 0.3) is 0 Å². The van der Waals surface area contributed by atoms with Gasteiger partial charge in [0.05, 0.1) is 5.69 Å². The number of rotatable bonds is 6. The van der Waals surface area contributed by atoms with Crippen LogP contribution in [-0.2, 0) is 9.53 Å². The van der Waals surface area contributed by atoms with E-state index in [2.05, 4.69) is 5.32 Å². The molecule has 0 aromatic heterocycles. The van der Waals surface area contributed by atoms with Gasteiger partial charge in [-0.05, 0) is 86.2 Å². The molecule has 1 unspecified atom stereocenters. The molecule has 0 bridgehead atoms. The summed E-state index contributed by atoms with van der Waals surface area (Å²) in [5.74, 6) is -0.922. The van der Waals surface area contributed by atoms with Crippen LogP contribution in [-0.4, -0.2) is 30.4 Å². The number of halogens is 1. The van der Waals surface area contributed by atoms with Crippen molar-refractivity contribution in [1.29, 1.82) is 0 Å². The Morgan fingerprint density at radius 3 is 2.44 bits per heavy atom. The van der Waals surface area contributed by atoms with Gasteiger partial charge in [0, 0.05) is 33.9 Å². The zero-order valence-electron chi connectivity index (χ0n) is 22.7. The lowest BCUT2D eigenvalue weighted by molar-refractivity contribution is -0.152. The number of anilines is 2. The molecular weight excluding hydrogens is 514 g/mol. The number of aryl methyl sites for hydroxylation is 2. The fraction of sp³-hybridized carbons (Fsp3) is 0.323. The SMILES string of the molecule is Cc1ccccc1C(=O)Nc1ccc(C(=O)N2CCCC(OC(=O)[C@@H](N)C(C)C)c3cc(Cl)ccc32)c(C)c1. The van der Waals surface area contributed by atoms with Gasteiger partial charge in [0.25, 0.3) is 11.8 Å². The largest absolute Gasteiger partial charge is 0.456 e. The van der Waals surface area contributed by atoms with E-state index in [1.165, 1.54) is 0 Å². The van der Waals surface area contributed by atoms with Crippen LogP contribution < -0.4 is 16.0 Å². The number of ether oxygens (including phenoxy) is 1. The minimum absolute atomic E-state index is 0.0624. The molecule has 0 saturated carbocycles. The van der Waals surface area contributed by atoms with Crippen molar-refractivity contribution in [3.05, 3.63) is 93.5 Å². The van der Waals surface area contributed by atoms with Crippen molar-refractivity contribution in [3.63, 3.8) is 0 Å². The maximum atomic E-state index is 13.8. The van der Waals surface area contributed by atoms with Crippen LogP contribution in [0.4, 0.5) is 11.4 Å². The molecule has 39 heavy (non-hydrogen) atoms. The lowest BCUT2D eigenvalue weighted by atomic mass is 10.0. The van der Waals surface area contributed by atoms with E-state index >= 15 is 0 Å². The second-order valence-corrected chi connectivity index (χ2v) is 10.7. The summed E-state index contributed by atoms with van der Waals surface area (Å²) >= 11 is 6.32. The third-order valence-electron chi connectivity index (χ3n) is 7.07. The predicted octanol–water partition coefficient (Wildman–Crippen LogP) is 6.22. The number of hydrogen-bond acceptors (Lipinski definition) is 5. The smallest absolute Gasteiger partial charge is 0.323 e. The molecule has 3 aromatic carbocycles. The fourth-order valence-corrected chi connectivity index (χ4v) is 4.90. The lowest BCUT2D eigenvalue weighted by Gasteiger charge is -2.26. The van der Waals surface area contributed by atoms with E-state index in [9.17, 15) is 14.4 Å². The van der Waals surface area contributed by atoms with Gasteiger partial charge < -0.3 is 20.7 Å². The molecule has 4 rings (SSSR count). The molecule has 0 fully saturated rings. The normalized spacial score (nSPS) is 15.8. The van der Waals surface area contributed by atoms with Crippen LogP contribution in [0.1, 0.15) is 70.2 Å². The molecule has 204 valence electrons. The number of nitrogens with zero attached hydrogens (tertiary/aromatic N) is 1. The molecule has 2 amide bonds. The van der Waals surface area contributed by atoms with Crippen LogP contribution in [0.5, 0.6) is 0 Å². The van der Waals surface area contributed by atoms with Gasteiger partial charge in [0.15, 0.2) is 0 Å². The number of carbonyl (C=O) groups is 3. The Kier molecular flexibility index (Phi) is 8.73. The first-order valence-corrected chi connectivity index (χ1v) is 13.5. The molecule has 1 aliphatic heterocycles. The van der Waals surface area contributed by atoms with Crippen LogP contribution >= 0.6 is 11.6 Å². The van der Waals surface area contributed by atoms with Crippen molar-refractivity contribution in [1.82, 2.24) is 0 Å². The van der Waals surface area contributed by atoms with Crippen molar-refractivity contribution >= 4 is 40.8 Å². The number of nitrogens with two attached hydrogens (primary N) is 1. The highest BCUT2D eigenvalue weighted by Crippen LogP contribution is 2.38. The quantitative estimate of drug-likeness (QED) is 0.357. The van der Waals surface area contributed by atoms with Crippen molar-refractivity contribution in [2.24, 2.45) is 11.7 Å². The van der Waals surface area contributed by atoms with Gasteiger partial charge in [-0.15, -0.1) is 0 Å². The van der Waals surface area contributed by atoms with Crippen LogP contribution in [0.2, 0.25) is 5.02 Å². The number of esters is 1. The third kappa shape index (κ3) is 6.32. The van der Waals surface area contributed by atoms with Gasteiger partial charge in [-0.2, -0.15) is 0 Å². The second-order valence-electron chi connectivity index (χ2n) is 10.3. The Morgan fingerprint density at radius 1 is 1.00 bits per heavy atom. The fourth-order valence-electron chi connectivity index (χ4n) is 4.72. The molecular formula is C31H34ClN3O4. The van der Waals surface area contributed by atoms with Crippen molar-refractivity contribution in [2.75, 3.05) is 16.8 Å². The van der Waals surface area contributed by atoms with E-state index in [4.69, 9.17) is 22.1 Å². The van der Waals surface area contributed by atoms with E-state index in [-0.39, 0.29) is 17.7 Å². The van der Waals surface area contributed by atoms with Crippen molar-refractivity contribution < 1.29 is 19.1 Å². The molecule has 0 saturated heterocycles. The molecule has 0 aliphatic carbocycles. The Balaban J connectivity index is 1.59. The number of amides is 2. The van der Waals surface area contributed by atoms with Crippen molar-refractivity contribution in [3.8, 4) is 0 Å². The van der Waals surface area contributed by atoms with Crippen LogP contribution in [0.15, 0.2) is 60.7 Å². The monoisotopic (exact) mass is 547 g/mol. The zero-order valence-corrected chi connectivity index (χ0v) is 23.4. The average Bonchev–Trinajstić information content (AvgIpc) is 3.07. The summed E-state index contributed by atoms with van der Waals surface area (Å²) in [5, 5.41) is 3.41. The molecule has 1 aliphatic rings. The number of benzene rings is 3. The van der Waals surface area contributed by atoms with Crippen molar-refractivity contribution in [2.45, 2.75) is 52.7 Å². The standard InChI is InChI=1S/C31H34ClN3O4/c1-18(2)28(33)31(38)39-27-10-7-15-35(26-14-11-21(32)17-25(26)27)30(37)24-13-12-22(16-20(24)4)34-29(36)23-9-6-5-8-19(23)3/h5-6,8-9,11-14,16-18,27-28H,7,10,15,33H2,1-4H3,(H,34,36)/t27?,28-/m0/s1. The summed E-state index contributed by atoms with van der Waals surface area (Å²) in [7, 11) is 0. The molecule has 2 atom stereocenters. The summed E-state index contributed by atoms with van der Waals surface area (Å²) in [5.41, 5.74) is 10.7. The van der Waals surface area contributed by atoms with E-state index in [1.54, 1.807) is 47.4 Å². The van der Waals surface area contributed by atoms with Gasteiger partial charge in [-0.3, -0.25) is 14.4 Å². The first-order chi connectivity index (χ1) is 18.6. The predicted molar refractivity (Wildman–Crippen MR) is 154 cm³/mol. The highest BCUT2D eigenvalue weighted by atomic mass is 35.5. The van der Waals surface area contributed by atoms with E-state index in [0.29, 0.717) is 52.5 Å². The Bertz CT molecular complexity index is 1400. The number of hydrogen-bond donors (Lipinski definition) is 2. The van der Waals surface area contributed by atoms with Crippen LogP contribution in [0.3, 0.4) is 0 Å². The van der Waals surface area contributed by atoms with E-state index < -0.39 is 18.1 Å². The highest BCUT2D eigenvalue weighted by Gasteiger charge is 2.31. The highest BCUT2D eigenvalue weighted by molar-refractivity contribution is 6.30. The third-order valence-corrected chi connectivity index (χ3v) is 7.31. The zero-order chi connectivity index (χ0) is 28.3. The van der Waals surface area contributed by atoms with E-state index in [0.717, 1.165) is 11.1 Å². The summed E-state index contributed by atoms with van der Waals surface area (Å²) in [6.45, 7) is 7.91. The minimum atomic E-state index is -0.735. The molecule has 3 aromatic rings. The molecule has 0 spiro atoms. The van der Waals surface area contributed by atoms with E-state index in [1.807, 2.05) is 45.9 Å². The van der Waals surface area contributed by atoms with Gasteiger partial charge in [-0.25, -0.2) is 0 Å². The molecule has 0 radical (unpaired) electrons. The maximum Gasteiger partial charge on any atom is 0.323 e. The molecule has 7 nitrogen and oxygen atoms in total. The van der Waals surface area contributed by atoms with Gasteiger partial charge in [0.2, 0.25) is 0 Å². The molecule has 1 heterocycles. The van der Waals surface area contributed by atoms with Crippen LogP contribution in [0, 0.1) is 19.8 Å².